The van der Waals surface area contributed by atoms with Crippen molar-refractivity contribution in [3.05, 3.63) is 64.1 Å². The van der Waals surface area contributed by atoms with Crippen LogP contribution in [0.2, 0.25) is 5.02 Å². The molecule has 5 nitrogen and oxygen atoms in total. The summed E-state index contributed by atoms with van der Waals surface area (Å²) in [6, 6.07) is 7.62. The molecule has 2 rings (SSSR count). The Balaban J connectivity index is 2.10. The molecule has 0 saturated carbocycles. The Labute approximate surface area is 127 Å². The van der Waals surface area contributed by atoms with E-state index in [0.717, 1.165) is 11.3 Å². The molecule has 110 valence electrons. The summed E-state index contributed by atoms with van der Waals surface area (Å²) in [7, 11) is 1.62. The minimum atomic E-state index is -0.337. The zero-order valence-corrected chi connectivity index (χ0v) is 12.4. The van der Waals surface area contributed by atoms with Gasteiger partial charge in [-0.2, -0.15) is 5.10 Å². The number of nitrogens with one attached hydrogen (secondary N) is 1. The lowest BCUT2D eigenvalue weighted by atomic mass is 10.2. The number of hydrogen-bond donors (Lipinski definition) is 1. The Morgan fingerprint density at radius 1 is 1.43 bits per heavy atom. The average molecular weight is 306 g/mol. The summed E-state index contributed by atoms with van der Waals surface area (Å²) >= 11 is 6.06. The Kier molecular flexibility index (Phi) is 5.00. The van der Waals surface area contributed by atoms with Crippen molar-refractivity contribution < 1.29 is 4.74 Å². The van der Waals surface area contributed by atoms with Crippen molar-refractivity contribution in [3.8, 4) is 5.75 Å². The van der Waals surface area contributed by atoms with E-state index in [0.29, 0.717) is 18.8 Å². The summed E-state index contributed by atoms with van der Waals surface area (Å²) in [6.45, 7) is 4.44. The molecule has 0 saturated heterocycles. The van der Waals surface area contributed by atoms with Gasteiger partial charge >= 0.3 is 0 Å². The van der Waals surface area contributed by atoms with Gasteiger partial charge in [-0.25, -0.2) is 4.68 Å². The van der Waals surface area contributed by atoms with Gasteiger partial charge in [-0.1, -0.05) is 29.8 Å². The second kappa shape index (κ2) is 6.95. The van der Waals surface area contributed by atoms with Crippen molar-refractivity contribution in [2.75, 3.05) is 12.4 Å². The molecule has 0 aliphatic heterocycles. The first-order valence-corrected chi connectivity index (χ1v) is 6.77. The SMILES string of the molecule is C=CCn1ncc(NCc2ccc(OC)cc2)c(Cl)c1=O. The van der Waals surface area contributed by atoms with E-state index in [2.05, 4.69) is 17.0 Å². The van der Waals surface area contributed by atoms with Crippen LogP contribution in [0.15, 0.2) is 47.9 Å². The molecule has 0 aliphatic rings. The monoisotopic (exact) mass is 305 g/mol. The number of halogens is 1. The smallest absolute Gasteiger partial charge is 0.287 e. The summed E-state index contributed by atoms with van der Waals surface area (Å²) < 4.78 is 6.36. The number of aromatic nitrogens is 2. The van der Waals surface area contributed by atoms with E-state index in [4.69, 9.17) is 16.3 Å². The van der Waals surface area contributed by atoms with E-state index in [1.807, 2.05) is 24.3 Å². The van der Waals surface area contributed by atoms with E-state index < -0.39 is 0 Å². The van der Waals surface area contributed by atoms with Crippen molar-refractivity contribution in [3.63, 3.8) is 0 Å². The number of hydrogen-bond acceptors (Lipinski definition) is 4. The van der Waals surface area contributed by atoms with Gasteiger partial charge in [0, 0.05) is 6.54 Å². The van der Waals surface area contributed by atoms with Gasteiger partial charge in [0.15, 0.2) is 0 Å². The number of methoxy groups -OCH3 is 1. The molecular weight excluding hydrogens is 290 g/mol. The van der Waals surface area contributed by atoms with Crippen LogP contribution in [-0.4, -0.2) is 16.9 Å². The molecule has 1 aromatic carbocycles. The van der Waals surface area contributed by atoms with E-state index in [1.54, 1.807) is 13.2 Å². The molecule has 2 aromatic rings. The first-order chi connectivity index (χ1) is 10.2. The molecule has 1 N–H and O–H groups in total. The summed E-state index contributed by atoms with van der Waals surface area (Å²) in [6.07, 6.45) is 3.13. The van der Waals surface area contributed by atoms with Gasteiger partial charge in [-0.15, -0.1) is 6.58 Å². The second-order valence-electron chi connectivity index (χ2n) is 4.35. The van der Waals surface area contributed by atoms with Crippen LogP contribution in [0.25, 0.3) is 0 Å². The van der Waals surface area contributed by atoms with Crippen LogP contribution in [0.1, 0.15) is 5.56 Å². The lowest BCUT2D eigenvalue weighted by Gasteiger charge is -2.10. The van der Waals surface area contributed by atoms with Crippen LogP contribution in [-0.2, 0) is 13.1 Å². The zero-order valence-electron chi connectivity index (χ0n) is 11.7. The Bertz CT molecular complexity index is 680. The third-order valence-corrected chi connectivity index (χ3v) is 3.29. The lowest BCUT2D eigenvalue weighted by molar-refractivity contribution is 0.414. The van der Waals surface area contributed by atoms with Gasteiger partial charge in [-0.3, -0.25) is 4.79 Å². The number of allylic oxidation sites excluding steroid dienone is 1. The molecule has 6 heteroatoms. The van der Waals surface area contributed by atoms with Crippen LogP contribution < -0.4 is 15.6 Å². The average Bonchev–Trinajstić information content (AvgIpc) is 2.52. The van der Waals surface area contributed by atoms with Crippen LogP contribution in [0.3, 0.4) is 0 Å². The van der Waals surface area contributed by atoms with E-state index in [9.17, 15) is 4.79 Å². The fourth-order valence-corrected chi connectivity index (χ4v) is 1.99. The van der Waals surface area contributed by atoms with Crippen LogP contribution in [0.5, 0.6) is 5.75 Å². The lowest BCUT2D eigenvalue weighted by Crippen LogP contribution is -2.23. The van der Waals surface area contributed by atoms with E-state index >= 15 is 0 Å². The highest BCUT2D eigenvalue weighted by Gasteiger charge is 2.08. The summed E-state index contributed by atoms with van der Waals surface area (Å²) in [4.78, 5) is 11.9. The molecule has 1 aromatic heterocycles. The highest BCUT2D eigenvalue weighted by Crippen LogP contribution is 2.17. The van der Waals surface area contributed by atoms with Crippen molar-refractivity contribution in [1.29, 1.82) is 0 Å². The highest BCUT2D eigenvalue weighted by atomic mass is 35.5. The largest absolute Gasteiger partial charge is 0.497 e. The molecule has 0 amide bonds. The number of ether oxygens (including phenoxy) is 1. The molecule has 0 unspecified atom stereocenters. The summed E-state index contributed by atoms with van der Waals surface area (Å²) in [5.41, 5.74) is 1.22. The topological polar surface area (TPSA) is 56.1 Å². The third kappa shape index (κ3) is 3.64. The van der Waals surface area contributed by atoms with Gasteiger partial charge in [0.1, 0.15) is 10.8 Å². The van der Waals surface area contributed by atoms with E-state index in [1.165, 1.54) is 10.9 Å². The van der Waals surface area contributed by atoms with Crippen molar-refractivity contribution >= 4 is 17.3 Å². The highest BCUT2D eigenvalue weighted by molar-refractivity contribution is 6.32. The summed E-state index contributed by atoms with van der Waals surface area (Å²) in [5, 5.41) is 7.26. The second-order valence-corrected chi connectivity index (χ2v) is 4.73. The van der Waals surface area contributed by atoms with Crippen molar-refractivity contribution in [2.24, 2.45) is 0 Å². The molecular formula is C15H16ClN3O2. The first kappa shape index (κ1) is 15.1. The van der Waals surface area contributed by atoms with Gasteiger partial charge in [-0.05, 0) is 17.7 Å². The van der Waals surface area contributed by atoms with Gasteiger partial charge in [0.05, 0.1) is 25.5 Å². The zero-order chi connectivity index (χ0) is 15.2. The van der Waals surface area contributed by atoms with Gasteiger partial charge < -0.3 is 10.1 Å². The molecule has 0 atom stereocenters. The molecule has 0 fully saturated rings. The Morgan fingerprint density at radius 3 is 2.76 bits per heavy atom. The maximum atomic E-state index is 11.9. The van der Waals surface area contributed by atoms with Gasteiger partial charge in [0.25, 0.3) is 5.56 Å². The summed E-state index contributed by atoms with van der Waals surface area (Å²) in [5.74, 6) is 0.797. The third-order valence-electron chi connectivity index (χ3n) is 2.93. The van der Waals surface area contributed by atoms with Crippen LogP contribution in [0, 0.1) is 0 Å². The first-order valence-electron chi connectivity index (χ1n) is 6.39. The predicted octanol–water partition coefficient (Wildman–Crippen LogP) is 2.70. The number of benzene rings is 1. The fraction of sp³-hybridized carbons (Fsp3) is 0.200. The van der Waals surface area contributed by atoms with Crippen molar-refractivity contribution in [2.45, 2.75) is 13.1 Å². The number of nitrogens with zero attached hydrogens (tertiary/aromatic N) is 2. The number of rotatable bonds is 6. The fourth-order valence-electron chi connectivity index (χ4n) is 1.78. The number of anilines is 1. The molecule has 1 heterocycles. The maximum Gasteiger partial charge on any atom is 0.287 e. The molecule has 0 spiro atoms. The molecule has 0 radical (unpaired) electrons. The van der Waals surface area contributed by atoms with Crippen molar-refractivity contribution in [1.82, 2.24) is 9.78 Å². The van der Waals surface area contributed by atoms with E-state index in [-0.39, 0.29) is 10.6 Å². The van der Waals surface area contributed by atoms with Gasteiger partial charge in [0.2, 0.25) is 0 Å². The quantitative estimate of drug-likeness (QED) is 0.834. The minimum absolute atomic E-state index is 0.125. The molecule has 21 heavy (non-hydrogen) atoms. The Hall–Kier alpha value is -2.27. The predicted molar refractivity (Wildman–Crippen MR) is 84.0 cm³/mol. The van der Waals surface area contributed by atoms with Crippen LogP contribution in [0.4, 0.5) is 5.69 Å². The molecule has 0 bridgehead atoms. The minimum Gasteiger partial charge on any atom is -0.497 e. The Morgan fingerprint density at radius 2 is 2.14 bits per heavy atom. The van der Waals surface area contributed by atoms with Crippen LogP contribution >= 0.6 is 11.6 Å². The normalized spacial score (nSPS) is 10.2. The standard InChI is InChI=1S/C15H16ClN3O2/c1-3-8-19-15(20)14(16)13(10-18-19)17-9-11-4-6-12(21-2)7-5-11/h3-7,10,17H,1,8-9H2,2H3. The molecule has 0 aliphatic carbocycles. The maximum absolute atomic E-state index is 11.9.